The molecule has 0 aromatic rings. The summed E-state index contributed by atoms with van der Waals surface area (Å²) in [7, 11) is 0. The molecule has 2 rings (SSSR count). The Morgan fingerprint density at radius 3 is 2.61 bits per heavy atom. The van der Waals surface area contributed by atoms with Gasteiger partial charge in [0.25, 0.3) is 0 Å². The van der Waals surface area contributed by atoms with E-state index in [1.165, 1.54) is 4.90 Å². The van der Waals surface area contributed by atoms with Gasteiger partial charge in [-0.3, -0.25) is 4.90 Å². The molecule has 1 saturated heterocycles. The van der Waals surface area contributed by atoms with E-state index in [2.05, 4.69) is 5.32 Å². The standard InChI is InChI=1S/C12H22F3N3/c13-12(14,15)8-18-4-3-9(7-18)6-17-11-2-1-10(16)5-11/h9-11,17H,1-8,16H2. The highest BCUT2D eigenvalue weighted by atomic mass is 19.4. The topological polar surface area (TPSA) is 41.3 Å². The first-order valence-corrected chi connectivity index (χ1v) is 6.70. The highest BCUT2D eigenvalue weighted by Crippen LogP contribution is 2.23. The van der Waals surface area contributed by atoms with Crippen molar-refractivity contribution in [3.8, 4) is 0 Å². The average Bonchev–Trinajstić information content (AvgIpc) is 2.82. The molecule has 1 saturated carbocycles. The number of rotatable bonds is 4. The molecule has 106 valence electrons. The minimum atomic E-state index is -4.07. The van der Waals surface area contributed by atoms with Gasteiger partial charge in [0.2, 0.25) is 0 Å². The van der Waals surface area contributed by atoms with E-state index in [1.54, 1.807) is 0 Å². The number of nitrogens with one attached hydrogen (secondary N) is 1. The van der Waals surface area contributed by atoms with Crippen molar-refractivity contribution in [3.63, 3.8) is 0 Å². The van der Waals surface area contributed by atoms with Crippen LogP contribution in [0.5, 0.6) is 0 Å². The van der Waals surface area contributed by atoms with Gasteiger partial charge in [-0.15, -0.1) is 0 Å². The molecule has 0 aromatic heterocycles. The minimum Gasteiger partial charge on any atom is -0.328 e. The lowest BCUT2D eigenvalue weighted by molar-refractivity contribution is -0.143. The summed E-state index contributed by atoms with van der Waals surface area (Å²) in [4.78, 5) is 1.51. The van der Waals surface area contributed by atoms with Crippen molar-refractivity contribution in [1.82, 2.24) is 10.2 Å². The van der Waals surface area contributed by atoms with Crippen molar-refractivity contribution in [3.05, 3.63) is 0 Å². The summed E-state index contributed by atoms with van der Waals surface area (Å²) < 4.78 is 36.7. The fraction of sp³-hybridized carbons (Fsp3) is 1.00. The summed E-state index contributed by atoms with van der Waals surface area (Å²) in [6.45, 7) is 1.19. The van der Waals surface area contributed by atoms with Crippen LogP contribution in [-0.4, -0.2) is 49.3 Å². The fourth-order valence-electron chi connectivity index (χ4n) is 3.01. The summed E-state index contributed by atoms with van der Waals surface area (Å²) >= 11 is 0. The Labute approximate surface area is 106 Å². The number of halogens is 3. The average molecular weight is 265 g/mol. The van der Waals surface area contributed by atoms with Crippen molar-refractivity contribution in [2.45, 2.75) is 43.9 Å². The molecule has 1 heterocycles. The van der Waals surface area contributed by atoms with Gasteiger partial charge in [-0.2, -0.15) is 13.2 Å². The number of hydrogen-bond acceptors (Lipinski definition) is 3. The molecule has 18 heavy (non-hydrogen) atoms. The summed E-state index contributed by atoms with van der Waals surface area (Å²) in [5, 5.41) is 3.45. The van der Waals surface area contributed by atoms with Crippen LogP contribution < -0.4 is 11.1 Å². The van der Waals surface area contributed by atoms with Crippen LogP contribution in [0.25, 0.3) is 0 Å². The molecule has 0 bridgehead atoms. The zero-order chi connectivity index (χ0) is 13.2. The van der Waals surface area contributed by atoms with Gasteiger partial charge in [-0.1, -0.05) is 0 Å². The van der Waals surface area contributed by atoms with Gasteiger partial charge < -0.3 is 11.1 Å². The van der Waals surface area contributed by atoms with Crippen LogP contribution in [-0.2, 0) is 0 Å². The van der Waals surface area contributed by atoms with Gasteiger partial charge in [-0.05, 0) is 44.7 Å². The first-order valence-electron chi connectivity index (χ1n) is 6.70. The summed E-state index contributed by atoms with van der Waals surface area (Å²) in [6, 6.07) is 0.768. The highest BCUT2D eigenvalue weighted by molar-refractivity contribution is 4.85. The zero-order valence-electron chi connectivity index (χ0n) is 10.5. The maximum atomic E-state index is 12.2. The molecule has 0 amide bonds. The first-order chi connectivity index (χ1) is 8.42. The molecule has 1 aliphatic heterocycles. The molecule has 6 heteroatoms. The Morgan fingerprint density at radius 2 is 2.00 bits per heavy atom. The largest absolute Gasteiger partial charge is 0.401 e. The van der Waals surface area contributed by atoms with Crippen molar-refractivity contribution < 1.29 is 13.2 Å². The first kappa shape index (κ1) is 14.1. The molecule has 3 unspecified atom stereocenters. The molecule has 2 aliphatic rings. The molecule has 0 radical (unpaired) electrons. The molecule has 1 aliphatic carbocycles. The van der Waals surface area contributed by atoms with Gasteiger partial charge >= 0.3 is 6.18 Å². The van der Waals surface area contributed by atoms with E-state index in [9.17, 15) is 13.2 Å². The van der Waals surface area contributed by atoms with Crippen molar-refractivity contribution in [2.24, 2.45) is 11.7 Å². The molecule has 3 N–H and O–H groups in total. The van der Waals surface area contributed by atoms with Crippen LogP contribution >= 0.6 is 0 Å². The van der Waals surface area contributed by atoms with Gasteiger partial charge in [0.05, 0.1) is 6.54 Å². The Hall–Kier alpha value is -0.330. The Bertz CT molecular complexity index is 270. The zero-order valence-corrected chi connectivity index (χ0v) is 10.5. The number of alkyl halides is 3. The van der Waals surface area contributed by atoms with E-state index in [-0.39, 0.29) is 0 Å². The Balaban J connectivity index is 1.64. The van der Waals surface area contributed by atoms with Crippen molar-refractivity contribution in [2.75, 3.05) is 26.2 Å². The lowest BCUT2D eigenvalue weighted by Gasteiger charge is -2.19. The quantitative estimate of drug-likeness (QED) is 0.806. The molecule has 0 aromatic carbocycles. The van der Waals surface area contributed by atoms with Crippen LogP contribution in [0, 0.1) is 5.92 Å². The number of nitrogens with two attached hydrogens (primary N) is 1. The van der Waals surface area contributed by atoms with Crippen molar-refractivity contribution in [1.29, 1.82) is 0 Å². The lowest BCUT2D eigenvalue weighted by Crippen LogP contribution is -2.36. The third-order valence-electron chi connectivity index (χ3n) is 3.94. The van der Waals surface area contributed by atoms with Gasteiger partial charge in [0.1, 0.15) is 0 Å². The van der Waals surface area contributed by atoms with Crippen molar-refractivity contribution >= 4 is 0 Å². The van der Waals surface area contributed by atoms with Gasteiger partial charge in [-0.25, -0.2) is 0 Å². The van der Waals surface area contributed by atoms with E-state index in [0.717, 1.165) is 32.2 Å². The maximum absolute atomic E-state index is 12.2. The molecule has 3 atom stereocenters. The third-order valence-corrected chi connectivity index (χ3v) is 3.94. The molecule has 0 spiro atoms. The van der Waals surface area contributed by atoms with Crippen LogP contribution in [0.2, 0.25) is 0 Å². The second-order valence-electron chi connectivity index (χ2n) is 5.68. The van der Waals surface area contributed by atoms with E-state index in [4.69, 9.17) is 5.73 Å². The normalized spacial score (nSPS) is 34.3. The summed E-state index contributed by atoms with van der Waals surface area (Å²) in [5.41, 5.74) is 5.83. The molecule has 2 fully saturated rings. The smallest absolute Gasteiger partial charge is 0.328 e. The van der Waals surface area contributed by atoms with Gasteiger partial charge in [0, 0.05) is 18.6 Å². The third kappa shape index (κ3) is 4.40. The lowest BCUT2D eigenvalue weighted by atomic mass is 10.1. The van der Waals surface area contributed by atoms with E-state index in [0.29, 0.717) is 31.1 Å². The monoisotopic (exact) mass is 265 g/mol. The predicted octanol–water partition coefficient (Wildman–Crippen LogP) is 1.34. The molecular formula is C12H22F3N3. The van der Waals surface area contributed by atoms with E-state index >= 15 is 0 Å². The summed E-state index contributed by atoms with van der Waals surface area (Å²) in [6.07, 6.45) is -0.0515. The SMILES string of the molecule is NC1CCC(NCC2CCN(CC(F)(F)F)C2)C1. The van der Waals surface area contributed by atoms with Crippen LogP contribution in [0.4, 0.5) is 13.2 Å². The molecular weight excluding hydrogens is 243 g/mol. The Morgan fingerprint density at radius 1 is 1.22 bits per heavy atom. The van der Waals surface area contributed by atoms with E-state index in [1.807, 2.05) is 0 Å². The van der Waals surface area contributed by atoms with Gasteiger partial charge in [0.15, 0.2) is 0 Å². The number of hydrogen-bond donors (Lipinski definition) is 2. The Kier molecular flexibility index (Phi) is 4.50. The van der Waals surface area contributed by atoms with Crippen LogP contribution in [0.3, 0.4) is 0 Å². The molecule has 3 nitrogen and oxygen atoms in total. The highest BCUT2D eigenvalue weighted by Gasteiger charge is 2.34. The number of nitrogens with zero attached hydrogens (tertiary/aromatic N) is 1. The second kappa shape index (κ2) is 5.75. The number of likely N-dealkylation sites (tertiary alicyclic amines) is 1. The van der Waals surface area contributed by atoms with Crippen LogP contribution in [0.15, 0.2) is 0 Å². The predicted molar refractivity (Wildman–Crippen MR) is 64.2 cm³/mol. The van der Waals surface area contributed by atoms with Crippen LogP contribution in [0.1, 0.15) is 25.7 Å². The second-order valence-corrected chi connectivity index (χ2v) is 5.68. The minimum absolute atomic E-state index is 0.299. The summed E-state index contributed by atoms with van der Waals surface area (Å²) in [5.74, 6) is 0.351. The van der Waals surface area contributed by atoms with E-state index < -0.39 is 12.7 Å². The fourth-order valence-corrected chi connectivity index (χ4v) is 3.01. The maximum Gasteiger partial charge on any atom is 0.401 e.